The van der Waals surface area contributed by atoms with Crippen LogP contribution in [-0.4, -0.2) is 36.9 Å². The van der Waals surface area contributed by atoms with Crippen LogP contribution in [0.3, 0.4) is 0 Å². The van der Waals surface area contributed by atoms with E-state index in [9.17, 15) is 17.6 Å². The Morgan fingerprint density at radius 1 is 1.15 bits per heavy atom. The molecule has 2 aliphatic heterocycles. The minimum atomic E-state index is -3.88. The molecule has 34 heavy (non-hydrogen) atoms. The van der Waals surface area contributed by atoms with Gasteiger partial charge < -0.3 is 4.90 Å². The van der Waals surface area contributed by atoms with Gasteiger partial charge in [0.05, 0.1) is 5.69 Å². The lowest BCUT2D eigenvalue weighted by molar-refractivity contribution is 0.102. The van der Waals surface area contributed by atoms with Gasteiger partial charge in [-0.2, -0.15) is 8.42 Å². The van der Waals surface area contributed by atoms with E-state index in [2.05, 4.69) is 19.9 Å². The first-order chi connectivity index (χ1) is 16.4. The first-order valence-electron chi connectivity index (χ1n) is 10.7. The van der Waals surface area contributed by atoms with Gasteiger partial charge in [-0.3, -0.25) is 10.1 Å². The van der Waals surface area contributed by atoms with Crippen molar-refractivity contribution >= 4 is 55.7 Å². The Morgan fingerprint density at radius 2 is 2.00 bits per heavy atom. The van der Waals surface area contributed by atoms with E-state index in [0.717, 1.165) is 30.6 Å². The highest BCUT2D eigenvalue weighted by Gasteiger charge is 2.32. The maximum absolute atomic E-state index is 13.8. The van der Waals surface area contributed by atoms with Crippen LogP contribution >= 0.6 is 23.1 Å². The number of thioether (sulfide) groups is 1. The standard InChI is InChI=1S/C22H20FN5O3S3/c23-16-7-4-3-6-15(16)13-32-22-26-25-21(33-22)24-20(29)14-9-10-17-18(12-14)34(30,31)27-19-8-2-1-5-11-28(17)19/h3-4,6-7,9-10,12H,1-2,5,8,11,13H2,(H,24,25,29). The van der Waals surface area contributed by atoms with Crippen molar-refractivity contribution in [2.45, 2.75) is 40.7 Å². The van der Waals surface area contributed by atoms with Crippen molar-refractivity contribution in [2.24, 2.45) is 4.40 Å². The monoisotopic (exact) mass is 517 g/mol. The predicted octanol–water partition coefficient (Wildman–Crippen LogP) is 4.70. The van der Waals surface area contributed by atoms with Crippen LogP contribution in [0.15, 0.2) is 56.1 Å². The van der Waals surface area contributed by atoms with Gasteiger partial charge >= 0.3 is 0 Å². The molecule has 0 atom stereocenters. The second kappa shape index (κ2) is 9.43. The minimum Gasteiger partial charge on any atom is -0.328 e. The molecule has 1 aromatic heterocycles. The van der Waals surface area contributed by atoms with E-state index in [-0.39, 0.29) is 21.4 Å². The number of amidine groups is 1. The average Bonchev–Trinajstić information content (AvgIpc) is 3.13. The number of carbonyl (C=O) groups excluding carboxylic acids is 1. The van der Waals surface area contributed by atoms with Crippen molar-refractivity contribution in [3.05, 3.63) is 59.4 Å². The van der Waals surface area contributed by atoms with E-state index in [1.807, 2.05) is 4.90 Å². The Bertz CT molecular complexity index is 1390. The topological polar surface area (TPSA) is 105 Å². The number of nitrogens with one attached hydrogen (secondary N) is 1. The lowest BCUT2D eigenvalue weighted by Gasteiger charge is -2.29. The van der Waals surface area contributed by atoms with Crippen molar-refractivity contribution < 1.29 is 17.6 Å². The van der Waals surface area contributed by atoms with Crippen molar-refractivity contribution in [3.63, 3.8) is 0 Å². The highest BCUT2D eigenvalue weighted by molar-refractivity contribution is 8.00. The number of nitrogens with zero attached hydrogens (tertiary/aromatic N) is 4. The summed E-state index contributed by atoms with van der Waals surface area (Å²) in [4.78, 5) is 14.8. The molecule has 2 aliphatic rings. The summed E-state index contributed by atoms with van der Waals surface area (Å²) in [5, 5.41) is 10.9. The van der Waals surface area contributed by atoms with Crippen molar-refractivity contribution in [3.8, 4) is 0 Å². The van der Waals surface area contributed by atoms with E-state index >= 15 is 0 Å². The number of fused-ring (bicyclic) bond motifs is 3. The molecule has 176 valence electrons. The smallest absolute Gasteiger partial charge is 0.286 e. The molecule has 0 unspecified atom stereocenters. The number of amides is 1. The van der Waals surface area contributed by atoms with Crippen LogP contribution in [0.1, 0.15) is 41.6 Å². The predicted molar refractivity (Wildman–Crippen MR) is 131 cm³/mol. The minimum absolute atomic E-state index is 0.0317. The van der Waals surface area contributed by atoms with Crippen LogP contribution in [0.25, 0.3) is 0 Å². The molecular formula is C22H20FN5O3S3. The number of sulfonamides is 1. The van der Waals surface area contributed by atoms with Gasteiger partial charge in [0.2, 0.25) is 5.13 Å². The lowest BCUT2D eigenvalue weighted by atomic mass is 10.1. The Hall–Kier alpha value is -2.83. The maximum atomic E-state index is 13.8. The fourth-order valence-electron chi connectivity index (χ4n) is 3.86. The molecule has 3 aromatic rings. The molecule has 3 heterocycles. The molecule has 1 N–H and O–H groups in total. The number of halogens is 1. The van der Waals surface area contributed by atoms with Gasteiger partial charge in [-0.25, -0.2) is 4.39 Å². The zero-order valence-electron chi connectivity index (χ0n) is 17.9. The molecule has 12 heteroatoms. The Morgan fingerprint density at radius 3 is 2.85 bits per heavy atom. The van der Waals surface area contributed by atoms with Crippen LogP contribution in [0, 0.1) is 5.82 Å². The molecule has 0 saturated carbocycles. The summed E-state index contributed by atoms with van der Waals surface area (Å²) in [7, 11) is -3.88. The first kappa shape index (κ1) is 22.9. The van der Waals surface area contributed by atoms with Crippen LogP contribution in [0.2, 0.25) is 0 Å². The van der Waals surface area contributed by atoms with E-state index < -0.39 is 15.9 Å². The van der Waals surface area contributed by atoms with Crippen molar-refractivity contribution in [2.75, 3.05) is 16.8 Å². The Balaban J connectivity index is 1.31. The summed E-state index contributed by atoms with van der Waals surface area (Å²) in [6.45, 7) is 0.699. The second-order valence-electron chi connectivity index (χ2n) is 7.83. The third-order valence-electron chi connectivity index (χ3n) is 5.55. The lowest BCUT2D eigenvalue weighted by Crippen LogP contribution is -2.35. The molecule has 1 fully saturated rings. The number of benzene rings is 2. The van der Waals surface area contributed by atoms with E-state index in [4.69, 9.17) is 0 Å². The molecule has 0 aliphatic carbocycles. The highest BCUT2D eigenvalue weighted by Crippen LogP contribution is 2.35. The van der Waals surface area contributed by atoms with Gasteiger partial charge in [-0.05, 0) is 42.7 Å². The van der Waals surface area contributed by atoms with Crippen LogP contribution < -0.4 is 10.2 Å². The van der Waals surface area contributed by atoms with Gasteiger partial charge in [0.25, 0.3) is 15.9 Å². The molecular weight excluding hydrogens is 497 g/mol. The summed E-state index contributed by atoms with van der Waals surface area (Å²) in [6.07, 6.45) is 3.50. The van der Waals surface area contributed by atoms with Crippen LogP contribution in [0.4, 0.5) is 15.2 Å². The number of anilines is 2. The van der Waals surface area contributed by atoms with Gasteiger partial charge in [0, 0.05) is 24.3 Å². The molecule has 8 nitrogen and oxygen atoms in total. The quantitative estimate of drug-likeness (QED) is 0.386. The summed E-state index contributed by atoms with van der Waals surface area (Å²) in [5.74, 6) is 0.172. The van der Waals surface area contributed by atoms with Gasteiger partial charge in [-0.1, -0.05) is 47.7 Å². The first-order valence-corrected chi connectivity index (χ1v) is 13.9. The third-order valence-corrected chi connectivity index (χ3v) is 8.90. The molecule has 1 amide bonds. The molecule has 2 aromatic carbocycles. The number of carbonyl (C=O) groups is 1. The summed E-state index contributed by atoms with van der Waals surface area (Å²) >= 11 is 2.48. The maximum Gasteiger partial charge on any atom is 0.286 e. The molecule has 0 bridgehead atoms. The fraction of sp³-hybridized carbons (Fsp3) is 0.273. The highest BCUT2D eigenvalue weighted by atomic mass is 32.2. The molecule has 5 rings (SSSR count). The number of hydrogen-bond acceptors (Lipinski definition) is 8. The fourth-order valence-corrected chi connectivity index (χ4v) is 6.88. The number of rotatable bonds is 5. The van der Waals surface area contributed by atoms with Crippen LogP contribution in [0.5, 0.6) is 0 Å². The third kappa shape index (κ3) is 4.70. The normalized spacial score (nSPS) is 16.7. The van der Waals surface area contributed by atoms with E-state index in [1.165, 1.54) is 23.9 Å². The van der Waals surface area contributed by atoms with Crippen molar-refractivity contribution in [1.29, 1.82) is 0 Å². The Labute approximate surface area is 204 Å². The average molecular weight is 518 g/mol. The van der Waals surface area contributed by atoms with E-state index in [1.54, 1.807) is 30.3 Å². The number of hydrogen-bond donors (Lipinski definition) is 1. The summed E-state index contributed by atoms with van der Waals surface area (Å²) in [6, 6.07) is 11.1. The molecule has 0 spiro atoms. The van der Waals surface area contributed by atoms with Gasteiger partial charge in [0.1, 0.15) is 16.5 Å². The van der Waals surface area contributed by atoms with Gasteiger partial charge in [0.15, 0.2) is 4.34 Å². The van der Waals surface area contributed by atoms with Crippen molar-refractivity contribution in [1.82, 2.24) is 10.2 Å². The second-order valence-corrected chi connectivity index (χ2v) is 11.6. The Kier molecular flexibility index (Phi) is 6.36. The number of aromatic nitrogens is 2. The van der Waals surface area contributed by atoms with Gasteiger partial charge in [-0.15, -0.1) is 14.6 Å². The SMILES string of the molecule is O=C(Nc1nnc(SCc2ccccc2F)s1)c1ccc2c(c1)S(=O)(=O)N=C1CCCCCN12. The summed E-state index contributed by atoms with van der Waals surface area (Å²) in [5.41, 5.74) is 1.30. The van der Waals surface area contributed by atoms with Crippen LogP contribution in [-0.2, 0) is 15.8 Å². The zero-order valence-corrected chi connectivity index (χ0v) is 20.3. The zero-order chi connectivity index (χ0) is 23.7. The summed E-state index contributed by atoms with van der Waals surface area (Å²) < 4.78 is 44.0. The van der Waals surface area contributed by atoms with E-state index in [0.29, 0.717) is 40.1 Å². The molecule has 1 saturated heterocycles. The largest absolute Gasteiger partial charge is 0.328 e. The molecule has 0 radical (unpaired) electrons.